The van der Waals surface area contributed by atoms with Crippen molar-refractivity contribution >= 4 is 11.7 Å². The maximum atomic E-state index is 13.1. The van der Waals surface area contributed by atoms with Crippen molar-refractivity contribution in [2.45, 2.75) is 52.4 Å². The van der Waals surface area contributed by atoms with Crippen molar-refractivity contribution in [3.8, 4) is 0 Å². The highest BCUT2D eigenvalue weighted by Gasteiger charge is 2.33. The summed E-state index contributed by atoms with van der Waals surface area (Å²) in [7, 11) is 0. The van der Waals surface area contributed by atoms with Gasteiger partial charge in [-0.05, 0) is 37.5 Å². The van der Waals surface area contributed by atoms with E-state index in [0.717, 1.165) is 30.1 Å². The number of carbonyl (C=O) groups is 1. The van der Waals surface area contributed by atoms with E-state index in [1.165, 1.54) is 6.33 Å². The lowest BCUT2D eigenvalue weighted by atomic mass is 9.84. The van der Waals surface area contributed by atoms with Gasteiger partial charge in [0, 0.05) is 30.1 Å². The molecule has 0 saturated carbocycles. The Balaban J connectivity index is 1.62. The van der Waals surface area contributed by atoms with Crippen molar-refractivity contribution in [1.29, 1.82) is 0 Å². The Bertz CT molecular complexity index is 1010. The molecule has 28 heavy (non-hydrogen) atoms. The summed E-state index contributed by atoms with van der Waals surface area (Å²) in [5.74, 6) is 2.39. The first-order valence-corrected chi connectivity index (χ1v) is 9.81. The van der Waals surface area contributed by atoms with Gasteiger partial charge in [0.1, 0.15) is 12.1 Å². The topological polar surface area (TPSA) is 76.5 Å². The van der Waals surface area contributed by atoms with Crippen LogP contribution in [-0.2, 0) is 5.41 Å². The molecule has 2 atom stereocenters. The number of likely N-dealkylation sites (tertiary alicyclic amines) is 1. The van der Waals surface area contributed by atoms with Crippen molar-refractivity contribution < 1.29 is 9.21 Å². The Morgan fingerprint density at radius 2 is 2.07 bits per heavy atom. The van der Waals surface area contributed by atoms with Gasteiger partial charge in [0.15, 0.2) is 5.76 Å². The Morgan fingerprint density at radius 1 is 1.29 bits per heavy atom. The van der Waals surface area contributed by atoms with Crippen molar-refractivity contribution in [3.63, 3.8) is 0 Å². The first-order chi connectivity index (χ1) is 13.2. The Morgan fingerprint density at radius 3 is 2.79 bits per heavy atom. The van der Waals surface area contributed by atoms with E-state index in [9.17, 15) is 4.79 Å². The second kappa shape index (κ2) is 6.72. The number of piperidine rings is 1. The lowest BCUT2D eigenvalue weighted by Crippen LogP contribution is -2.42. The molecule has 7 nitrogen and oxygen atoms in total. The molecule has 1 saturated heterocycles. The van der Waals surface area contributed by atoms with Crippen LogP contribution in [0.1, 0.15) is 67.7 Å². The van der Waals surface area contributed by atoms with E-state index in [-0.39, 0.29) is 17.2 Å². The van der Waals surface area contributed by atoms with Gasteiger partial charge in [-0.1, -0.05) is 27.7 Å². The van der Waals surface area contributed by atoms with Crippen LogP contribution < -0.4 is 0 Å². The minimum atomic E-state index is -0.120. The summed E-state index contributed by atoms with van der Waals surface area (Å²) in [5, 5.41) is 4.35. The molecular weight excluding hydrogens is 354 g/mol. The highest BCUT2D eigenvalue weighted by Crippen LogP contribution is 2.33. The molecule has 0 aliphatic carbocycles. The molecule has 0 bridgehead atoms. The number of hydrogen-bond acceptors (Lipinski definition) is 5. The average molecular weight is 381 g/mol. The zero-order valence-corrected chi connectivity index (χ0v) is 17.1. The van der Waals surface area contributed by atoms with Crippen molar-refractivity contribution in [1.82, 2.24) is 24.5 Å². The summed E-state index contributed by atoms with van der Waals surface area (Å²) >= 11 is 0. The van der Waals surface area contributed by atoms with Gasteiger partial charge in [-0.3, -0.25) is 4.79 Å². The van der Waals surface area contributed by atoms with Crippen LogP contribution >= 0.6 is 0 Å². The summed E-state index contributed by atoms with van der Waals surface area (Å²) in [6.45, 7) is 11.8. The molecule has 4 rings (SSSR count). The van der Waals surface area contributed by atoms with Crippen LogP contribution in [-0.4, -0.2) is 43.5 Å². The van der Waals surface area contributed by atoms with Crippen LogP contribution in [0, 0.1) is 12.8 Å². The van der Waals surface area contributed by atoms with E-state index in [1.807, 2.05) is 17.9 Å². The molecule has 1 aliphatic heterocycles. The third-order valence-corrected chi connectivity index (χ3v) is 5.59. The number of rotatable bonds is 2. The second-order valence-corrected chi connectivity index (χ2v) is 8.83. The highest BCUT2D eigenvalue weighted by atomic mass is 16.4. The van der Waals surface area contributed by atoms with Crippen LogP contribution in [0.3, 0.4) is 0 Å². The van der Waals surface area contributed by atoms with Gasteiger partial charge in [-0.25, -0.2) is 9.50 Å². The fourth-order valence-electron chi connectivity index (χ4n) is 3.87. The minimum absolute atomic E-state index is 0.0481. The molecule has 1 aliphatic rings. The molecular formula is C21H27N5O2. The monoisotopic (exact) mass is 381 g/mol. The summed E-state index contributed by atoms with van der Waals surface area (Å²) in [4.78, 5) is 23.7. The molecule has 1 fully saturated rings. The zero-order valence-electron chi connectivity index (χ0n) is 17.1. The lowest BCUT2D eigenvalue weighted by Gasteiger charge is -2.37. The predicted octanol–water partition coefficient (Wildman–Crippen LogP) is 3.59. The van der Waals surface area contributed by atoms with Gasteiger partial charge in [-0.15, -0.1) is 0 Å². The first-order valence-electron chi connectivity index (χ1n) is 9.81. The third-order valence-electron chi connectivity index (χ3n) is 5.59. The largest absolute Gasteiger partial charge is 0.455 e. The maximum Gasteiger partial charge on any atom is 0.289 e. The molecule has 3 aromatic heterocycles. The average Bonchev–Trinajstić information content (AvgIpc) is 3.30. The zero-order chi connectivity index (χ0) is 20.1. The number of aryl methyl sites for hydroxylation is 1. The number of carbonyl (C=O) groups excluding carboxylic acids is 1. The Kier molecular flexibility index (Phi) is 4.48. The molecule has 4 heterocycles. The molecule has 0 unspecified atom stereocenters. The van der Waals surface area contributed by atoms with Crippen LogP contribution in [0.15, 0.2) is 28.9 Å². The second-order valence-electron chi connectivity index (χ2n) is 8.83. The van der Waals surface area contributed by atoms with Crippen molar-refractivity contribution in [3.05, 3.63) is 47.4 Å². The highest BCUT2D eigenvalue weighted by molar-refractivity contribution is 5.91. The van der Waals surface area contributed by atoms with E-state index < -0.39 is 0 Å². The van der Waals surface area contributed by atoms with Gasteiger partial charge in [0.25, 0.3) is 11.7 Å². The molecule has 0 radical (unpaired) electrons. The van der Waals surface area contributed by atoms with Crippen LogP contribution in [0.25, 0.3) is 5.78 Å². The summed E-state index contributed by atoms with van der Waals surface area (Å²) in [6.07, 6.45) is 2.46. The third kappa shape index (κ3) is 3.30. The van der Waals surface area contributed by atoms with E-state index in [1.54, 1.807) is 10.6 Å². The Hall–Kier alpha value is -2.70. The summed E-state index contributed by atoms with van der Waals surface area (Å²) < 4.78 is 7.68. The molecule has 7 heteroatoms. The van der Waals surface area contributed by atoms with Crippen LogP contribution in [0.5, 0.6) is 0 Å². The van der Waals surface area contributed by atoms with E-state index >= 15 is 0 Å². The smallest absolute Gasteiger partial charge is 0.289 e. The van der Waals surface area contributed by atoms with E-state index in [0.29, 0.717) is 24.0 Å². The molecule has 1 amide bonds. The minimum Gasteiger partial charge on any atom is -0.455 e. The van der Waals surface area contributed by atoms with Gasteiger partial charge in [-0.2, -0.15) is 10.1 Å². The molecule has 148 valence electrons. The fraction of sp³-hybridized carbons (Fsp3) is 0.524. The first kappa shape index (κ1) is 18.7. The number of furan rings is 1. The summed E-state index contributed by atoms with van der Waals surface area (Å²) in [5.41, 5.74) is 1.84. The van der Waals surface area contributed by atoms with Gasteiger partial charge in [0.2, 0.25) is 0 Å². The summed E-state index contributed by atoms with van der Waals surface area (Å²) in [6, 6.07) is 5.76. The van der Waals surface area contributed by atoms with Gasteiger partial charge >= 0.3 is 0 Å². The van der Waals surface area contributed by atoms with Gasteiger partial charge < -0.3 is 9.32 Å². The van der Waals surface area contributed by atoms with Crippen LogP contribution in [0.4, 0.5) is 0 Å². The number of amides is 1. The SMILES string of the molecule is Cc1cc([C@@H]2CN(C(=O)c3ccc(C(C)(C)C)o3)CC[C@H]2C)n2ncnc2n1. The normalized spacial score (nSPS) is 20.7. The van der Waals surface area contributed by atoms with Crippen molar-refractivity contribution in [2.75, 3.05) is 13.1 Å². The number of fused-ring (bicyclic) bond motifs is 1. The fourth-order valence-corrected chi connectivity index (χ4v) is 3.87. The number of hydrogen-bond donors (Lipinski definition) is 0. The van der Waals surface area contributed by atoms with E-state index in [2.05, 4.69) is 48.8 Å². The Labute approximate surface area is 164 Å². The number of nitrogens with zero attached hydrogens (tertiary/aromatic N) is 5. The molecule has 0 spiro atoms. The quantitative estimate of drug-likeness (QED) is 0.678. The lowest BCUT2D eigenvalue weighted by molar-refractivity contribution is 0.0630. The van der Waals surface area contributed by atoms with Gasteiger partial charge in [0.05, 0.1) is 5.69 Å². The van der Waals surface area contributed by atoms with E-state index in [4.69, 9.17) is 4.42 Å². The standard InChI is InChI=1S/C21H27N5O2/c1-13-8-9-25(19(27)17-6-7-18(28-17)21(3,4)5)11-15(13)16-10-14(2)24-20-22-12-23-26(16)20/h6-7,10,12-13,15H,8-9,11H2,1-5H3/t13-,15-/m1/s1. The molecule has 0 aromatic carbocycles. The maximum absolute atomic E-state index is 13.1. The predicted molar refractivity (Wildman–Crippen MR) is 105 cm³/mol. The number of aromatic nitrogens is 4. The molecule has 3 aromatic rings. The van der Waals surface area contributed by atoms with Crippen molar-refractivity contribution in [2.24, 2.45) is 5.92 Å². The van der Waals surface area contributed by atoms with Crippen LogP contribution in [0.2, 0.25) is 0 Å². The molecule has 0 N–H and O–H groups in total.